The second-order valence-electron chi connectivity index (χ2n) is 5.41. The van der Waals surface area contributed by atoms with Gasteiger partial charge in [-0.2, -0.15) is 9.97 Å². The quantitative estimate of drug-likeness (QED) is 0.789. The predicted octanol–water partition coefficient (Wildman–Crippen LogP) is 2.24. The first-order valence-electron chi connectivity index (χ1n) is 6.84. The number of aromatic nitrogens is 4. The molecular weight excluding hydrogens is 240 g/mol. The van der Waals surface area contributed by atoms with Crippen molar-refractivity contribution in [2.75, 3.05) is 17.7 Å². The van der Waals surface area contributed by atoms with Crippen molar-refractivity contribution in [3.05, 3.63) is 6.33 Å². The lowest BCUT2D eigenvalue weighted by Gasteiger charge is -2.20. The van der Waals surface area contributed by atoms with Gasteiger partial charge in [0.05, 0.1) is 6.33 Å². The van der Waals surface area contributed by atoms with E-state index in [1.807, 2.05) is 7.05 Å². The van der Waals surface area contributed by atoms with Gasteiger partial charge in [-0.1, -0.05) is 13.8 Å². The van der Waals surface area contributed by atoms with Crippen LogP contribution in [0.25, 0.3) is 11.2 Å². The molecule has 0 spiro atoms. The fourth-order valence-electron chi connectivity index (χ4n) is 2.79. The number of hydrogen-bond acceptors (Lipinski definition) is 5. The number of anilines is 2. The van der Waals surface area contributed by atoms with E-state index in [-0.39, 0.29) is 0 Å². The van der Waals surface area contributed by atoms with Gasteiger partial charge in [0.1, 0.15) is 5.52 Å². The Bertz CT molecular complexity index is 578. The Morgan fingerprint density at radius 1 is 1.26 bits per heavy atom. The van der Waals surface area contributed by atoms with Crippen LogP contribution in [0, 0.1) is 11.8 Å². The SMILES string of the molecule is CNc1nc(NC2CCC(C)C2C)c2[nH]cnc2n1. The van der Waals surface area contributed by atoms with Crippen LogP contribution in [0.5, 0.6) is 0 Å². The Kier molecular flexibility index (Phi) is 3.00. The Balaban J connectivity index is 1.93. The Morgan fingerprint density at radius 2 is 2.11 bits per heavy atom. The van der Waals surface area contributed by atoms with E-state index >= 15 is 0 Å². The highest BCUT2D eigenvalue weighted by Crippen LogP contribution is 2.33. The first-order valence-corrected chi connectivity index (χ1v) is 6.84. The van der Waals surface area contributed by atoms with Gasteiger partial charge in [0.25, 0.3) is 0 Å². The molecule has 1 saturated carbocycles. The van der Waals surface area contributed by atoms with E-state index in [1.54, 1.807) is 6.33 Å². The summed E-state index contributed by atoms with van der Waals surface area (Å²) in [5, 5.41) is 6.54. The maximum absolute atomic E-state index is 4.51. The molecule has 0 aliphatic heterocycles. The summed E-state index contributed by atoms with van der Waals surface area (Å²) in [6.45, 7) is 4.62. The van der Waals surface area contributed by atoms with Crippen LogP contribution in [0.3, 0.4) is 0 Å². The van der Waals surface area contributed by atoms with E-state index in [2.05, 4.69) is 44.4 Å². The molecule has 0 bridgehead atoms. The maximum atomic E-state index is 4.51. The second-order valence-corrected chi connectivity index (χ2v) is 5.41. The summed E-state index contributed by atoms with van der Waals surface area (Å²) >= 11 is 0. The van der Waals surface area contributed by atoms with E-state index in [0.29, 0.717) is 23.6 Å². The van der Waals surface area contributed by atoms with E-state index in [1.165, 1.54) is 12.8 Å². The topological polar surface area (TPSA) is 78.5 Å². The normalized spacial score (nSPS) is 26.8. The molecule has 0 radical (unpaired) electrons. The average Bonchev–Trinajstić information content (AvgIpc) is 3.00. The molecule has 2 aromatic heterocycles. The molecule has 0 amide bonds. The Labute approximate surface area is 112 Å². The number of fused-ring (bicyclic) bond motifs is 1. The van der Waals surface area contributed by atoms with Crippen LogP contribution < -0.4 is 10.6 Å². The predicted molar refractivity (Wildman–Crippen MR) is 76.2 cm³/mol. The number of nitrogens with one attached hydrogen (secondary N) is 3. The van der Waals surface area contributed by atoms with Gasteiger partial charge in [-0.15, -0.1) is 0 Å². The molecule has 102 valence electrons. The first kappa shape index (κ1) is 12.2. The molecule has 1 aliphatic rings. The molecule has 2 heterocycles. The first-order chi connectivity index (χ1) is 9.19. The zero-order valence-corrected chi connectivity index (χ0v) is 11.6. The largest absolute Gasteiger partial charge is 0.365 e. The van der Waals surface area contributed by atoms with Gasteiger partial charge in [-0.25, -0.2) is 4.98 Å². The van der Waals surface area contributed by atoms with Gasteiger partial charge < -0.3 is 15.6 Å². The summed E-state index contributed by atoms with van der Waals surface area (Å²) in [6.07, 6.45) is 4.12. The number of aromatic amines is 1. The summed E-state index contributed by atoms with van der Waals surface area (Å²) in [5.41, 5.74) is 1.58. The van der Waals surface area contributed by atoms with Crippen molar-refractivity contribution in [3.63, 3.8) is 0 Å². The molecular formula is C13H20N6. The van der Waals surface area contributed by atoms with Crippen molar-refractivity contribution in [2.24, 2.45) is 11.8 Å². The van der Waals surface area contributed by atoms with E-state index < -0.39 is 0 Å². The standard InChI is InChI=1S/C13H20N6/c1-7-4-5-9(8(7)2)17-12-10-11(16-6-15-10)18-13(14-3)19-12/h6-9H,4-5H2,1-3H3,(H3,14,15,16,17,18,19). The molecule has 1 fully saturated rings. The van der Waals surface area contributed by atoms with Crippen LogP contribution in [0.2, 0.25) is 0 Å². The lowest BCUT2D eigenvalue weighted by molar-refractivity contribution is 0.435. The highest BCUT2D eigenvalue weighted by Gasteiger charge is 2.30. The zero-order valence-electron chi connectivity index (χ0n) is 11.6. The monoisotopic (exact) mass is 260 g/mol. The summed E-state index contributed by atoms with van der Waals surface area (Å²) in [5.74, 6) is 2.87. The van der Waals surface area contributed by atoms with Crippen molar-refractivity contribution in [3.8, 4) is 0 Å². The molecule has 0 aromatic carbocycles. The lowest BCUT2D eigenvalue weighted by Crippen LogP contribution is -2.25. The molecule has 3 atom stereocenters. The number of hydrogen-bond donors (Lipinski definition) is 3. The number of imidazole rings is 1. The van der Waals surface area contributed by atoms with Gasteiger partial charge in [0.2, 0.25) is 5.95 Å². The summed E-state index contributed by atoms with van der Waals surface area (Å²) < 4.78 is 0. The van der Waals surface area contributed by atoms with Crippen molar-refractivity contribution in [1.82, 2.24) is 19.9 Å². The van der Waals surface area contributed by atoms with Crippen LogP contribution in [-0.4, -0.2) is 33.0 Å². The fourth-order valence-corrected chi connectivity index (χ4v) is 2.79. The third-order valence-corrected chi connectivity index (χ3v) is 4.30. The minimum absolute atomic E-state index is 0.473. The van der Waals surface area contributed by atoms with Crippen LogP contribution >= 0.6 is 0 Å². The van der Waals surface area contributed by atoms with Crippen molar-refractivity contribution >= 4 is 22.9 Å². The molecule has 3 N–H and O–H groups in total. The minimum atomic E-state index is 0.473. The van der Waals surface area contributed by atoms with Crippen molar-refractivity contribution in [1.29, 1.82) is 0 Å². The molecule has 6 heteroatoms. The molecule has 0 saturated heterocycles. The van der Waals surface area contributed by atoms with Crippen LogP contribution in [0.15, 0.2) is 6.33 Å². The van der Waals surface area contributed by atoms with Crippen molar-refractivity contribution < 1.29 is 0 Å². The van der Waals surface area contributed by atoms with Gasteiger partial charge in [0.15, 0.2) is 11.5 Å². The molecule has 3 unspecified atom stereocenters. The third kappa shape index (κ3) is 2.11. The maximum Gasteiger partial charge on any atom is 0.226 e. The van der Waals surface area contributed by atoms with E-state index in [4.69, 9.17) is 0 Å². The van der Waals surface area contributed by atoms with Gasteiger partial charge >= 0.3 is 0 Å². The lowest BCUT2D eigenvalue weighted by atomic mass is 9.98. The highest BCUT2D eigenvalue weighted by molar-refractivity contribution is 5.83. The van der Waals surface area contributed by atoms with E-state index in [0.717, 1.165) is 17.3 Å². The highest BCUT2D eigenvalue weighted by atomic mass is 15.2. The number of H-pyrrole nitrogens is 1. The third-order valence-electron chi connectivity index (χ3n) is 4.30. The average molecular weight is 260 g/mol. The number of nitrogens with zero attached hydrogens (tertiary/aromatic N) is 3. The van der Waals surface area contributed by atoms with Crippen LogP contribution in [-0.2, 0) is 0 Å². The molecule has 19 heavy (non-hydrogen) atoms. The van der Waals surface area contributed by atoms with E-state index in [9.17, 15) is 0 Å². The summed E-state index contributed by atoms with van der Waals surface area (Å²) in [7, 11) is 1.82. The van der Waals surface area contributed by atoms with Crippen molar-refractivity contribution in [2.45, 2.75) is 32.7 Å². The van der Waals surface area contributed by atoms with Gasteiger partial charge in [-0.05, 0) is 24.7 Å². The van der Waals surface area contributed by atoms with Gasteiger partial charge in [0, 0.05) is 13.1 Å². The molecule has 3 rings (SSSR count). The fraction of sp³-hybridized carbons (Fsp3) is 0.615. The van der Waals surface area contributed by atoms with Gasteiger partial charge in [-0.3, -0.25) is 0 Å². The van der Waals surface area contributed by atoms with Crippen LogP contribution in [0.4, 0.5) is 11.8 Å². The smallest absolute Gasteiger partial charge is 0.226 e. The molecule has 2 aromatic rings. The summed E-state index contributed by atoms with van der Waals surface area (Å²) in [4.78, 5) is 16.2. The van der Waals surface area contributed by atoms with Crippen LogP contribution in [0.1, 0.15) is 26.7 Å². The zero-order chi connectivity index (χ0) is 13.4. The summed E-state index contributed by atoms with van der Waals surface area (Å²) in [6, 6.07) is 0.473. The Hall–Kier alpha value is -1.85. The second kappa shape index (κ2) is 4.68. The number of rotatable bonds is 3. The Morgan fingerprint density at radius 3 is 2.79 bits per heavy atom. The molecule has 1 aliphatic carbocycles. The minimum Gasteiger partial charge on any atom is -0.365 e. The molecule has 6 nitrogen and oxygen atoms in total.